The van der Waals surface area contributed by atoms with Gasteiger partial charge in [0.1, 0.15) is 0 Å². The van der Waals surface area contributed by atoms with Crippen LogP contribution in [-0.2, 0) is 0 Å². The van der Waals surface area contributed by atoms with E-state index in [2.05, 4.69) is 20.4 Å². The van der Waals surface area contributed by atoms with Gasteiger partial charge in [-0.15, -0.1) is 0 Å². The Balaban J connectivity index is 1.73. The van der Waals surface area contributed by atoms with E-state index in [-0.39, 0.29) is 6.03 Å². The fourth-order valence-electron chi connectivity index (χ4n) is 2.85. The lowest BCUT2D eigenvalue weighted by atomic mass is 10.2. The first-order valence-electron chi connectivity index (χ1n) is 8.63. The van der Waals surface area contributed by atoms with Gasteiger partial charge in [0.15, 0.2) is 0 Å². The highest BCUT2D eigenvalue weighted by atomic mass is 35.5. The van der Waals surface area contributed by atoms with Gasteiger partial charge in [-0.1, -0.05) is 29.8 Å². The predicted molar refractivity (Wildman–Crippen MR) is 108 cm³/mol. The standard InChI is InChI=1S/C20H17ClN6O/c1-13-14(2)27(20(28)24-15-6-5-10-22-12-15)19(23-13)26-11-9-18(25-26)16-7-3-4-8-17(16)21/h3-12H,1-2H3,(H,24,28). The second kappa shape index (κ2) is 7.28. The van der Waals surface area contributed by atoms with Crippen LogP contribution < -0.4 is 5.32 Å². The molecule has 1 aromatic carbocycles. The number of hydrogen-bond donors (Lipinski definition) is 1. The zero-order valence-corrected chi connectivity index (χ0v) is 16.1. The molecule has 0 aliphatic heterocycles. The number of amides is 1. The Hall–Kier alpha value is -3.45. The third-order valence-corrected chi connectivity index (χ3v) is 4.72. The fraction of sp³-hybridized carbons (Fsp3) is 0.100. The Morgan fingerprint density at radius 2 is 1.93 bits per heavy atom. The van der Waals surface area contributed by atoms with Crippen molar-refractivity contribution in [1.29, 1.82) is 0 Å². The molecule has 0 saturated carbocycles. The fourth-order valence-corrected chi connectivity index (χ4v) is 3.09. The summed E-state index contributed by atoms with van der Waals surface area (Å²) >= 11 is 6.28. The molecule has 0 spiro atoms. The van der Waals surface area contributed by atoms with Crippen LogP contribution >= 0.6 is 11.6 Å². The summed E-state index contributed by atoms with van der Waals surface area (Å²) in [6.45, 7) is 3.69. The van der Waals surface area contributed by atoms with Gasteiger partial charge in [0.2, 0.25) is 5.95 Å². The van der Waals surface area contributed by atoms with Crippen LogP contribution in [0.25, 0.3) is 17.2 Å². The number of carbonyl (C=O) groups excluding carboxylic acids is 1. The Morgan fingerprint density at radius 1 is 1.11 bits per heavy atom. The van der Waals surface area contributed by atoms with Crippen molar-refractivity contribution < 1.29 is 4.79 Å². The van der Waals surface area contributed by atoms with E-state index < -0.39 is 0 Å². The van der Waals surface area contributed by atoms with E-state index in [1.54, 1.807) is 35.4 Å². The van der Waals surface area contributed by atoms with Crippen molar-refractivity contribution in [2.24, 2.45) is 0 Å². The minimum atomic E-state index is -0.337. The molecular weight excluding hydrogens is 376 g/mol. The van der Waals surface area contributed by atoms with Gasteiger partial charge < -0.3 is 5.32 Å². The third kappa shape index (κ3) is 3.27. The molecule has 4 aromatic rings. The van der Waals surface area contributed by atoms with E-state index in [0.29, 0.717) is 22.4 Å². The lowest BCUT2D eigenvalue weighted by Gasteiger charge is -2.10. The number of pyridine rings is 1. The third-order valence-electron chi connectivity index (χ3n) is 4.39. The van der Waals surface area contributed by atoms with Crippen LogP contribution in [0.5, 0.6) is 0 Å². The number of anilines is 1. The summed E-state index contributed by atoms with van der Waals surface area (Å²) in [5.74, 6) is 0.398. The molecule has 0 atom stereocenters. The number of rotatable bonds is 3. The molecule has 3 aromatic heterocycles. The van der Waals surface area contributed by atoms with Crippen LogP contribution in [0.1, 0.15) is 11.4 Å². The van der Waals surface area contributed by atoms with Gasteiger partial charge in [0.05, 0.1) is 28.3 Å². The molecule has 1 N–H and O–H groups in total. The minimum absolute atomic E-state index is 0.337. The number of nitrogens with one attached hydrogen (secondary N) is 1. The average molecular weight is 393 g/mol. The maximum Gasteiger partial charge on any atom is 0.333 e. The molecule has 140 valence electrons. The van der Waals surface area contributed by atoms with Crippen LogP contribution in [0.15, 0.2) is 61.1 Å². The van der Waals surface area contributed by atoms with E-state index in [0.717, 1.165) is 17.0 Å². The second-order valence-electron chi connectivity index (χ2n) is 6.22. The van der Waals surface area contributed by atoms with Crippen LogP contribution in [0.4, 0.5) is 10.5 Å². The summed E-state index contributed by atoms with van der Waals surface area (Å²) < 4.78 is 3.06. The molecule has 7 nitrogen and oxygen atoms in total. The summed E-state index contributed by atoms with van der Waals surface area (Å²) in [5, 5.41) is 8.01. The highest BCUT2D eigenvalue weighted by Gasteiger charge is 2.20. The second-order valence-corrected chi connectivity index (χ2v) is 6.62. The number of nitrogens with zero attached hydrogens (tertiary/aromatic N) is 5. The number of hydrogen-bond acceptors (Lipinski definition) is 4. The molecule has 0 radical (unpaired) electrons. The number of imidazole rings is 1. The first-order chi connectivity index (χ1) is 13.5. The number of benzene rings is 1. The van der Waals surface area contributed by atoms with Gasteiger partial charge in [-0.2, -0.15) is 5.10 Å². The molecule has 1 amide bonds. The number of aromatic nitrogens is 5. The number of halogens is 1. The summed E-state index contributed by atoms with van der Waals surface area (Å²) in [4.78, 5) is 21.4. The average Bonchev–Trinajstić information content (AvgIpc) is 3.28. The quantitative estimate of drug-likeness (QED) is 0.557. The van der Waals surface area contributed by atoms with Crippen molar-refractivity contribution in [2.45, 2.75) is 13.8 Å². The van der Waals surface area contributed by atoms with Gasteiger partial charge in [0, 0.05) is 23.7 Å². The van der Waals surface area contributed by atoms with Crippen LogP contribution in [0, 0.1) is 13.8 Å². The Morgan fingerprint density at radius 3 is 2.68 bits per heavy atom. The number of aryl methyl sites for hydroxylation is 1. The molecule has 0 aliphatic carbocycles. The largest absolute Gasteiger partial charge is 0.333 e. The van der Waals surface area contributed by atoms with Crippen molar-refractivity contribution in [3.8, 4) is 17.2 Å². The Labute approximate surface area is 166 Å². The van der Waals surface area contributed by atoms with Crippen LogP contribution in [0.2, 0.25) is 5.02 Å². The zero-order chi connectivity index (χ0) is 19.7. The molecular formula is C20H17ClN6O. The monoisotopic (exact) mass is 392 g/mol. The van der Waals surface area contributed by atoms with Crippen molar-refractivity contribution in [3.63, 3.8) is 0 Å². The smallest absolute Gasteiger partial charge is 0.306 e. The zero-order valence-electron chi connectivity index (χ0n) is 15.3. The Kier molecular flexibility index (Phi) is 4.67. The van der Waals surface area contributed by atoms with E-state index in [1.165, 1.54) is 4.57 Å². The van der Waals surface area contributed by atoms with Gasteiger partial charge in [-0.25, -0.2) is 19.0 Å². The maximum absolute atomic E-state index is 12.9. The molecule has 8 heteroatoms. The van der Waals surface area contributed by atoms with Crippen LogP contribution in [-0.4, -0.2) is 30.3 Å². The van der Waals surface area contributed by atoms with E-state index in [9.17, 15) is 4.79 Å². The molecule has 3 heterocycles. The van der Waals surface area contributed by atoms with Gasteiger partial charge >= 0.3 is 6.03 Å². The van der Waals surface area contributed by atoms with Crippen molar-refractivity contribution in [1.82, 2.24) is 24.3 Å². The van der Waals surface area contributed by atoms with Gasteiger partial charge in [-0.05, 0) is 38.1 Å². The lowest BCUT2D eigenvalue weighted by Crippen LogP contribution is -2.23. The van der Waals surface area contributed by atoms with Crippen LogP contribution in [0.3, 0.4) is 0 Å². The first-order valence-corrected chi connectivity index (χ1v) is 9.00. The maximum atomic E-state index is 12.9. The normalized spacial score (nSPS) is 10.8. The van der Waals surface area contributed by atoms with Crippen molar-refractivity contribution >= 4 is 23.3 Å². The Bertz CT molecular complexity index is 1150. The molecule has 0 aliphatic rings. The van der Waals surface area contributed by atoms with E-state index in [1.807, 2.05) is 44.2 Å². The topological polar surface area (TPSA) is 77.6 Å². The number of carbonyl (C=O) groups is 1. The summed E-state index contributed by atoms with van der Waals surface area (Å²) in [6.07, 6.45) is 4.99. The predicted octanol–water partition coefficient (Wildman–Crippen LogP) is 4.48. The van der Waals surface area contributed by atoms with E-state index in [4.69, 9.17) is 11.6 Å². The SMILES string of the molecule is Cc1nc(-n2ccc(-c3ccccc3Cl)n2)n(C(=O)Nc2cccnc2)c1C. The highest BCUT2D eigenvalue weighted by Crippen LogP contribution is 2.26. The van der Waals surface area contributed by atoms with Gasteiger partial charge in [0.25, 0.3) is 0 Å². The van der Waals surface area contributed by atoms with Gasteiger partial charge in [-0.3, -0.25) is 4.98 Å². The summed E-state index contributed by atoms with van der Waals surface area (Å²) in [7, 11) is 0. The molecule has 0 unspecified atom stereocenters. The van der Waals surface area contributed by atoms with E-state index >= 15 is 0 Å². The lowest BCUT2D eigenvalue weighted by molar-refractivity contribution is 0.253. The first kappa shape index (κ1) is 17.9. The molecule has 0 bridgehead atoms. The van der Waals surface area contributed by atoms with Crippen molar-refractivity contribution in [3.05, 3.63) is 77.5 Å². The molecule has 0 fully saturated rings. The highest BCUT2D eigenvalue weighted by molar-refractivity contribution is 6.33. The molecule has 28 heavy (non-hydrogen) atoms. The molecule has 4 rings (SSSR count). The van der Waals surface area contributed by atoms with Crippen molar-refractivity contribution in [2.75, 3.05) is 5.32 Å². The summed E-state index contributed by atoms with van der Waals surface area (Å²) in [5.41, 5.74) is 3.58. The summed E-state index contributed by atoms with van der Waals surface area (Å²) in [6, 6.07) is 12.5. The minimum Gasteiger partial charge on any atom is -0.306 e. The molecule has 0 saturated heterocycles.